The third kappa shape index (κ3) is 1.85. The average molecular weight is 207 g/mol. The van der Waals surface area contributed by atoms with Gasteiger partial charge in [-0.1, -0.05) is 11.6 Å². The molecule has 3 heteroatoms. The molecule has 0 saturated heterocycles. The van der Waals surface area contributed by atoms with Crippen LogP contribution in [0.1, 0.15) is 30.1 Å². The zero-order valence-corrected chi connectivity index (χ0v) is 9.16. The number of rotatable bonds is 3. The van der Waals surface area contributed by atoms with E-state index < -0.39 is 11.6 Å². The summed E-state index contributed by atoms with van der Waals surface area (Å²) in [6.45, 7) is 1.99. The van der Waals surface area contributed by atoms with Crippen LogP contribution in [0.5, 0.6) is 5.75 Å². The monoisotopic (exact) mass is 207 g/mol. The number of hydrogen-bond donors (Lipinski definition) is 2. The van der Waals surface area contributed by atoms with E-state index in [4.69, 9.17) is 10.5 Å². The fraction of sp³-hybridized carbons (Fsp3) is 0.500. The number of aryl methyl sites for hydroxylation is 1. The summed E-state index contributed by atoms with van der Waals surface area (Å²) in [6, 6.07) is 5.78. The summed E-state index contributed by atoms with van der Waals surface area (Å²) in [6.07, 6.45) is 1.14. The molecule has 1 fully saturated rings. The van der Waals surface area contributed by atoms with Gasteiger partial charge < -0.3 is 15.6 Å². The zero-order chi connectivity index (χ0) is 11.1. The minimum atomic E-state index is -0.618. The Labute approximate surface area is 89.9 Å². The quantitative estimate of drug-likeness (QED) is 0.790. The molecule has 1 aliphatic carbocycles. The molecule has 3 nitrogen and oxygen atoms in total. The molecule has 1 atom stereocenters. The van der Waals surface area contributed by atoms with E-state index in [1.807, 2.05) is 25.1 Å². The number of ether oxygens (including phenoxy) is 1. The lowest BCUT2D eigenvalue weighted by Gasteiger charge is -2.20. The van der Waals surface area contributed by atoms with Crippen molar-refractivity contribution in [1.29, 1.82) is 0 Å². The summed E-state index contributed by atoms with van der Waals surface area (Å²) in [5, 5.41) is 10.2. The Morgan fingerprint density at radius 2 is 2.13 bits per heavy atom. The highest BCUT2D eigenvalue weighted by Crippen LogP contribution is 2.45. The van der Waals surface area contributed by atoms with Crippen molar-refractivity contribution >= 4 is 0 Å². The van der Waals surface area contributed by atoms with Gasteiger partial charge in [-0.2, -0.15) is 0 Å². The fourth-order valence-electron chi connectivity index (χ4n) is 1.79. The molecule has 2 rings (SSSR count). The third-order valence-electron chi connectivity index (χ3n) is 3.05. The Bertz CT molecular complexity index is 372. The summed E-state index contributed by atoms with van der Waals surface area (Å²) in [5.41, 5.74) is 7.47. The van der Waals surface area contributed by atoms with Gasteiger partial charge in [0.1, 0.15) is 11.9 Å². The maximum absolute atomic E-state index is 10.2. The predicted octanol–water partition coefficient (Wildman–Crippen LogP) is 1.53. The lowest BCUT2D eigenvalue weighted by Crippen LogP contribution is -2.30. The number of benzene rings is 1. The van der Waals surface area contributed by atoms with Crippen LogP contribution in [0.2, 0.25) is 0 Å². The van der Waals surface area contributed by atoms with Crippen LogP contribution < -0.4 is 10.5 Å². The van der Waals surface area contributed by atoms with Crippen molar-refractivity contribution in [2.75, 3.05) is 7.11 Å². The summed E-state index contributed by atoms with van der Waals surface area (Å²) in [5.74, 6) is 0.713. The molecule has 15 heavy (non-hydrogen) atoms. The molecule has 82 valence electrons. The first-order valence-corrected chi connectivity index (χ1v) is 5.18. The summed E-state index contributed by atoms with van der Waals surface area (Å²) >= 11 is 0. The summed E-state index contributed by atoms with van der Waals surface area (Å²) < 4.78 is 5.23. The van der Waals surface area contributed by atoms with Gasteiger partial charge in [-0.05, 0) is 31.9 Å². The van der Waals surface area contributed by atoms with Crippen molar-refractivity contribution in [3.05, 3.63) is 29.3 Å². The Kier molecular flexibility index (Phi) is 2.44. The molecule has 0 bridgehead atoms. The Morgan fingerprint density at radius 1 is 1.47 bits per heavy atom. The lowest BCUT2D eigenvalue weighted by molar-refractivity contribution is 0.132. The molecule has 0 aromatic heterocycles. The molecule has 1 aliphatic rings. The van der Waals surface area contributed by atoms with Crippen LogP contribution in [0.4, 0.5) is 0 Å². The van der Waals surface area contributed by atoms with E-state index in [1.54, 1.807) is 7.11 Å². The standard InChI is InChI=1S/C12H17NO2/c1-8-3-4-10(15-2)9(7-8)11(14)12(13)5-6-12/h3-4,7,11,14H,5-6,13H2,1-2H3. The van der Waals surface area contributed by atoms with Gasteiger partial charge in [0, 0.05) is 11.1 Å². The minimum absolute atomic E-state index is 0.429. The molecule has 1 saturated carbocycles. The van der Waals surface area contributed by atoms with Gasteiger partial charge in [0.25, 0.3) is 0 Å². The van der Waals surface area contributed by atoms with Gasteiger partial charge in [-0.15, -0.1) is 0 Å². The molecule has 3 N–H and O–H groups in total. The summed E-state index contributed by atoms with van der Waals surface area (Å²) in [4.78, 5) is 0. The first kappa shape index (κ1) is 10.5. The Hall–Kier alpha value is -1.06. The van der Waals surface area contributed by atoms with Crippen molar-refractivity contribution in [3.8, 4) is 5.75 Å². The third-order valence-corrected chi connectivity index (χ3v) is 3.05. The molecule has 1 aromatic rings. The van der Waals surface area contributed by atoms with Gasteiger partial charge in [0.2, 0.25) is 0 Å². The van der Waals surface area contributed by atoms with Crippen molar-refractivity contribution in [3.63, 3.8) is 0 Å². The molecule has 0 aliphatic heterocycles. The first-order chi connectivity index (χ1) is 7.07. The van der Waals surface area contributed by atoms with Gasteiger partial charge in [0.15, 0.2) is 0 Å². The van der Waals surface area contributed by atoms with Crippen LogP contribution in [0.25, 0.3) is 0 Å². The number of hydrogen-bond acceptors (Lipinski definition) is 3. The molecular weight excluding hydrogens is 190 g/mol. The van der Waals surface area contributed by atoms with E-state index in [-0.39, 0.29) is 0 Å². The van der Waals surface area contributed by atoms with Crippen LogP contribution >= 0.6 is 0 Å². The first-order valence-electron chi connectivity index (χ1n) is 5.18. The SMILES string of the molecule is COc1ccc(C)cc1C(O)C1(N)CC1. The van der Waals surface area contributed by atoms with Crippen LogP contribution in [-0.2, 0) is 0 Å². The largest absolute Gasteiger partial charge is 0.496 e. The topological polar surface area (TPSA) is 55.5 Å². The second-order valence-electron chi connectivity index (χ2n) is 4.38. The average Bonchev–Trinajstić information content (AvgIpc) is 2.96. The van der Waals surface area contributed by atoms with Gasteiger partial charge >= 0.3 is 0 Å². The summed E-state index contributed by atoms with van der Waals surface area (Å²) in [7, 11) is 1.61. The molecule has 0 heterocycles. The maximum Gasteiger partial charge on any atom is 0.124 e. The van der Waals surface area contributed by atoms with E-state index in [0.29, 0.717) is 5.75 Å². The lowest BCUT2D eigenvalue weighted by atomic mass is 9.98. The second kappa shape index (κ2) is 3.51. The van der Waals surface area contributed by atoms with Crippen molar-refractivity contribution < 1.29 is 9.84 Å². The van der Waals surface area contributed by atoms with Crippen molar-refractivity contribution in [2.45, 2.75) is 31.4 Å². The molecule has 0 spiro atoms. The van der Waals surface area contributed by atoms with E-state index in [1.165, 1.54) is 0 Å². The zero-order valence-electron chi connectivity index (χ0n) is 9.16. The Morgan fingerprint density at radius 3 is 2.67 bits per heavy atom. The van der Waals surface area contributed by atoms with Crippen LogP contribution in [0.15, 0.2) is 18.2 Å². The van der Waals surface area contributed by atoms with Gasteiger partial charge in [-0.25, -0.2) is 0 Å². The molecule has 0 radical (unpaired) electrons. The highest BCUT2D eigenvalue weighted by molar-refractivity contribution is 5.40. The minimum Gasteiger partial charge on any atom is -0.496 e. The highest BCUT2D eigenvalue weighted by Gasteiger charge is 2.46. The Balaban J connectivity index is 2.36. The highest BCUT2D eigenvalue weighted by atomic mass is 16.5. The van der Waals surface area contributed by atoms with Crippen LogP contribution in [0, 0.1) is 6.92 Å². The van der Waals surface area contributed by atoms with Crippen LogP contribution in [0.3, 0.4) is 0 Å². The van der Waals surface area contributed by atoms with E-state index >= 15 is 0 Å². The number of aliphatic hydroxyl groups excluding tert-OH is 1. The van der Waals surface area contributed by atoms with Gasteiger partial charge in [0.05, 0.1) is 7.11 Å². The van der Waals surface area contributed by atoms with E-state index in [9.17, 15) is 5.11 Å². The second-order valence-corrected chi connectivity index (χ2v) is 4.38. The normalized spacial score (nSPS) is 19.7. The molecular formula is C12H17NO2. The maximum atomic E-state index is 10.2. The van der Waals surface area contributed by atoms with E-state index in [2.05, 4.69) is 0 Å². The van der Waals surface area contributed by atoms with Crippen molar-refractivity contribution in [2.24, 2.45) is 5.73 Å². The van der Waals surface area contributed by atoms with Crippen molar-refractivity contribution in [1.82, 2.24) is 0 Å². The number of methoxy groups -OCH3 is 1. The number of nitrogens with two attached hydrogens (primary N) is 1. The fourth-order valence-corrected chi connectivity index (χ4v) is 1.79. The predicted molar refractivity (Wildman–Crippen MR) is 58.8 cm³/mol. The molecule has 0 amide bonds. The number of aliphatic hydroxyl groups is 1. The van der Waals surface area contributed by atoms with E-state index in [0.717, 1.165) is 24.0 Å². The molecule has 1 aromatic carbocycles. The molecule has 1 unspecified atom stereocenters. The van der Waals surface area contributed by atoms with Crippen LogP contribution in [-0.4, -0.2) is 17.8 Å². The van der Waals surface area contributed by atoms with Gasteiger partial charge in [-0.3, -0.25) is 0 Å². The smallest absolute Gasteiger partial charge is 0.124 e.